The Bertz CT molecular complexity index is 2820. The van der Waals surface area contributed by atoms with E-state index >= 15 is 0 Å². The summed E-state index contributed by atoms with van der Waals surface area (Å²) in [6, 6.07) is 63.4. The highest BCUT2D eigenvalue weighted by atomic mass is 16.3. The fourth-order valence-electron chi connectivity index (χ4n) is 7.63. The Labute approximate surface area is 277 Å². The summed E-state index contributed by atoms with van der Waals surface area (Å²) in [6.45, 7) is 0. The molecule has 2 nitrogen and oxygen atoms in total. The van der Waals surface area contributed by atoms with E-state index in [0.29, 0.717) is 0 Å². The third-order valence-corrected chi connectivity index (χ3v) is 9.81. The van der Waals surface area contributed by atoms with Gasteiger partial charge in [0.15, 0.2) is 0 Å². The van der Waals surface area contributed by atoms with Crippen molar-refractivity contribution in [3.8, 4) is 11.1 Å². The highest BCUT2D eigenvalue weighted by molar-refractivity contribution is 6.25. The average Bonchev–Trinajstić information content (AvgIpc) is 3.53. The molecule has 2 heteroatoms. The zero-order chi connectivity index (χ0) is 31.6. The maximum absolute atomic E-state index is 6.41. The number of rotatable bonds is 4. The molecule has 0 saturated carbocycles. The average molecular weight is 612 g/mol. The van der Waals surface area contributed by atoms with Crippen molar-refractivity contribution in [1.82, 2.24) is 0 Å². The topological polar surface area (TPSA) is 16.4 Å². The number of fused-ring (bicyclic) bond motifs is 10. The number of benzene rings is 9. The Morgan fingerprint density at radius 1 is 0.312 bits per heavy atom. The summed E-state index contributed by atoms with van der Waals surface area (Å²) in [5.41, 5.74) is 7.39. The van der Waals surface area contributed by atoms with Crippen molar-refractivity contribution in [2.75, 3.05) is 4.90 Å². The predicted molar refractivity (Wildman–Crippen MR) is 204 cm³/mol. The Morgan fingerprint density at radius 3 is 1.60 bits per heavy atom. The van der Waals surface area contributed by atoms with Crippen molar-refractivity contribution < 1.29 is 4.42 Å². The minimum Gasteiger partial charge on any atom is -0.456 e. The summed E-state index contributed by atoms with van der Waals surface area (Å²) in [7, 11) is 0. The van der Waals surface area contributed by atoms with Crippen LogP contribution in [-0.2, 0) is 0 Å². The first-order chi connectivity index (χ1) is 23.8. The Balaban J connectivity index is 1.23. The molecule has 1 aromatic heterocycles. The Morgan fingerprint density at radius 2 is 0.833 bits per heavy atom. The first-order valence-corrected chi connectivity index (χ1v) is 16.4. The highest BCUT2D eigenvalue weighted by Crippen LogP contribution is 2.43. The van der Waals surface area contributed by atoms with E-state index in [0.717, 1.165) is 39.0 Å². The van der Waals surface area contributed by atoms with Gasteiger partial charge in [0, 0.05) is 33.9 Å². The summed E-state index contributed by atoms with van der Waals surface area (Å²) < 4.78 is 6.41. The lowest BCUT2D eigenvalue weighted by Gasteiger charge is -2.27. The van der Waals surface area contributed by atoms with Crippen molar-refractivity contribution in [3.05, 3.63) is 176 Å². The predicted octanol–water partition coefficient (Wildman–Crippen LogP) is 13.3. The van der Waals surface area contributed by atoms with Gasteiger partial charge in [-0.15, -0.1) is 0 Å². The van der Waals surface area contributed by atoms with Gasteiger partial charge in [-0.1, -0.05) is 127 Å². The van der Waals surface area contributed by atoms with Crippen LogP contribution in [-0.4, -0.2) is 0 Å². The molecule has 0 radical (unpaired) electrons. The van der Waals surface area contributed by atoms with Crippen molar-refractivity contribution in [3.63, 3.8) is 0 Å². The molecule has 0 aliphatic rings. The van der Waals surface area contributed by atoms with Crippen molar-refractivity contribution >= 4 is 82.1 Å². The van der Waals surface area contributed by atoms with Gasteiger partial charge in [-0.3, -0.25) is 0 Å². The minimum absolute atomic E-state index is 0.876. The Kier molecular flexibility index (Phi) is 5.91. The molecule has 0 saturated heterocycles. The standard InChI is InChI=1S/C46H29NO/c1-2-15-35-30(11-1)12-10-21-36(35)31-13-9-14-32(27-31)47(34-24-26-43-42-20-7-8-22-45(42)48-46(43)29-34)33-23-25-41-39-18-4-3-16-37(39)38-17-5-6-19-40(38)44(41)28-33/h1-29H. The van der Waals surface area contributed by atoms with E-state index in [2.05, 4.69) is 169 Å². The second kappa shape index (κ2) is 10.6. The first kappa shape index (κ1) is 26.8. The lowest BCUT2D eigenvalue weighted by Crippen LogP contribution is -2.10. The zero-order valence-corrected chi connectivity index (χ0v) is 26.1. The lowest BCUT2D eigenvalue weighted by molar-refractivity contribution is 0.669. The SMILES string of the molecule is c1cc(-c2cccc3ccccc23)cc(N(c2ccc3c(c2)oc2ccccc23)c2ccc3c4ccccc4c4ccccc4c3c2)c1. The summed E-state index contributed by atoms with van der Waals surface area (Å²) in [6.07, 6.45) is 0. The molecule has 0 spiro atoms. The maximum Gasteiger partial charge on any atom is 0.137 e. The molecular weight excluding hydrogens is 583 g/mol. The minimum atomic E-state index is 0.876. The van der Waals surface area contributed by atoms with Crippen LogP contribution in [0.3, 0.4) is 0 Å². The molecule has 48 heavy (non-hydrogen) atoms. The van der Waals surface area contributed by atoms with Gasteiger partial charge < -0.3 is 9.32 Å². The van der Waals surface area contributed by atoms with Crippen LogP contribution in [0.2, 0.25) is 0 Å². The van der Waals surface area contributed by atoms with E-state index in [1.807, 2.05) is 12.1 Å². The van der Waals surface area contributed by atoms with Gasteiger partial charge in [-0.25, -0.2) is 0 Å². The number of para-hydroxylation sites is 1. The number of furan rings is 1. The fourth-order valence-corrected chi connectivity index (χ4v) is 7.63. The fraction of sp³-hybridized carbons (Fsp3) is 0. The molecule has 224 valence electrons. The van der Waals surface area contributed by atoms with Crippen LogP contribution < -0.4 is 4.90 Å². The summed E-state index contributed by atoms with van der Waals surface area (Å²) in [5, 5.41) is 12.3. The van der Waals surface area contributed by atoms with Gasteiger partial charge in [0.05, 0.1) is 0 Å². The zero-order valence-electron chi connectivity index (χ0n) is 26.1. The second-order valence-corrected chi connectivity index (χ2v) is 12.5. The smallest absolute Gasteiger partial charge is 0.137 e. The molecule has 10 rings (SSSR count). The monoisotopic (exact) mass is 611 g/mol. The molecule has 1 heterocycles. The first-order valence-electron chi connectivity index (χ1n) is 16.4. The van der Waals surface area contributed by atoms with Crippen LogP contribution in [0, 0.1) is 0 Å². The quantitative estimate of drug-likeness (QED) is 0.184. The summed E-state index contributed by atoms with van der Waals surface area (Å²) >= 11 is 0. The van der Waals surface area contributed by atoms with Crippen molar-refractivity contribution in [2.24, 2.45) is 0 Å². The third kappa shape index (κ3) is 4.13. The van der Waals surface area contributed by atoms with Crippen LogP contribution in [0.1, 0.15) is 0 Å². The largest absolute Gasteiger partial charge is 0.456 e. The van der Waals surface area contributed by atoms with Crippen LogP contribution in [0.5, 0.6) is 0 Å². The van der Waals surface area contributed by atoms with Gasteiger partial charge in [-0.2, -0.15) is 0 Å². The van der Waals surface area contributed by atoms with E-state index < -0.39 is 0 Å². The third-order valence-electron chi connectivity index (χ3n) is 9.81. The number of nitrogens with zero attached hydrogens (tertiary/aromatic N) is 1. The van der Waals surface area contributed by atoms with E-state index in [-0.39, 0.29) is 0 Å². The van der Waals surface area contributed by atoms with E-state index in [9.17, 15) is 0 Å². The van der Waals surface area contributed by atoms with E-state index in [1.165, 1.54) is 54.2 Å². The van der Waals surface area contributed by atoms with Crippen LogP contribution in [0.25, 0.3) is 76.2 Å². The second-order valence-electron chi connectivity index (χ2n) is 12.5. The van der Waals surface area contributed by atoms with Gasteiger partial charge in [-0.05, 0) is 96.7 Å². The molecule has 0 N–H and O–H groups in total. The number of hydrogen-bond acceptors (Lipinski definition) is 2. The maximum atomic E-state index is 6.41. The van der Waals surface area contributed by atoms with Gasteiger partial charge in [0.25, 0.3) is 0 Å². The van der Waals surface area contributed by atoms with E-state index in [1.54, 1.807) is 0 Å². The van der Waals surface area contributed by atoms with E-state index in [4.69, 9.17) is 4.42 Å². The van der Waals surface area contributed by atoms with Crippen LogP contribution >= 0.6 is 0 Å². The normalized spacial score (nSPS) is 11.8. The van der Waals surface area contributed by atoms with Gasteiger partial charge >= 0.3 is 0 Å². The summed E-state index contributed by atoms with van der Waals surface area (Å²) in [4.78, 5) is 2.37. The number of hydrogen-bond donors (Lipinski definition) is 0. The molecule has 0 fully saturated rings. The molecule has 0 aliphatic heterocycles. The highest BCUT2D eigenvalue weighted by Gasteiger charge is 2.18. The molecule has 0 unspecified atom stereocenters. The number of anilines is 3. The molecule has 9 aromatic carbocycles. The molecule has 0 aliphatic carbocycles. The van der Waals surface area contributed by atoms with Crippen LogP contribution in [0.15, 0.2) is 180 Å². The van der Waals surface area contributed by atoms with Gasteiger partial charge in [0.1, 0.15) is 11.2 Å². The summed E-state index contributed by atoms with van der Waals surface area (Å²) in [5.74, 6) is 0. The molecule has 0 atom stereocenters. The van der Waals surface area contributed by atoms with Crippen LogP contribution in [0.4, 0.5) is 17.1 Å². The lowest BCUT2D eigenvalue weighted by atomic mass is 9.94. The molecular formula is C46H29NO. The molecule has 0 bridgehead atoms. The van der Waals surface area contributed by atoms with Gasteiger partial charge in [0.2, 0.25) is 0 Å². The van der Waals surface area contributed by atoms with Crippen molar-refractivity contribution in [1.29, 1.82) is 0 Å². The molecule has 0 amide bonds. The van der Waals surface area contributed by atoms with Crippen molar-refractivity contribution in [2.45, 2.75) is 0 Å². The molecule has 10 aromatic rings. The Hall–Kier alpha value is -6.38.